The SMILES string of the molecule is O=C(CCCCCC(F)CF)Nc1ccc(NCc2ccc(C(F)(F)F)cc2)cc1N1CCCC1. The Bertz CT molecular complexity index is 943. The van der Waals surface area contributed by atoms with Gasteiger partial charge in [-0.2, -0.15) is 13.2 Å². The number of benzene rings is 2. The second-order valence-electron chi connectivity index (χ2n) is 8.87. The number of hydrogen-bond donors (Lipinski definition) is 2. The number of nitrogens with zero attached hydrogens (tertiary/aromatic N) is 1. The molecular weight excluding hydrogens is 465 g/mol. The molecule has 1 aliphatic rings. The van der Waals surface area contributed by atoms with E-state index < -0.39 is 24.6 Å². The number of hydrogen-bond acceptors (Lipinski definition) is 3. The summed E-state index contributed by atoms with van der Waals surface area (Å²) in [5.41, 5.74) is 2.46. The molecule has 4 nitrogen and oxygen atoms in total. The van der Waals surface area contributed by atoms with Gasteiger partial charge < -0.3 is 15.5 Å². The summed E-state index contributed by atoms with van der Waals surface area (Å²) in [4.78, 5) is 14.7. The van der Waals surface area contributed by atoms with E-state index in [0.29, 0.717) is 37.9 Å². The number of halogens is 5. The number of alkyl halides is 5. The van der Waals surface area contributed by atoms with Gasteiger partial charge in [-0.15, -0.1) is 0 Å². The van der Waals surface area contributed by atoms with Crippen molar-refractivity contribution in [2.45, 2.75) is 63.8 Å². The van der Waals surface area contributed by atoms with Crippen LogP contribution < -0.4 is 15.5 Å². The Kier molecular flexibility index (Phi) is 9.74. The smallest absolute Gasteiger partial charge is 0.381 e. The third-order valence-electron chi connectivity index (χ3n) is 6.09. The highest BCUT2D eigenvalue weighted by Gasteiger charge is 2.29. The maximum absolute atomic E-state index is 12.9. The number of amides is 1. The van der Waals surface area contributed by atoms with E-state index in [1.54, 1.807) is 0 Å². The first kappa shape index (κ1) is 26.8. The van der Waals surface area contributed by atoms with E-state index in [1.807, 2.05) is 18.2 Å². The fourth-order valence-electron chi connectivity index (χ4n) is 4.10. The maximum atomic E-state index is 12.9. The van der Waals surface area contributed by atoms with Crippen LogP contribution in [0.15, 0.2) is 42.5 Å². The minimum atomic E-state index is -4.36. The highest BCUT2D eigenvalue weighted by Crippen LogP contribution is 2.33. The fraction of sp³-hybridized carbons (Fsp3) is 0.500. The highest BCUT2D eigenvalue weighted by molar-refractivity contribution is 5.95. The standard InChI is InChI=1S/C26H32F5N3O/c27-17-21(28)6-2-1-3-7-25(35)33-23-13-12-22(16-24(23)34-14-4-5-15-34)32-18-19-8-10-20(11-9-19)26(29,30)31/h8-13,16,21,32H,1-7,14-15,17-18H2,(H,33,35). The van der Waals surface area contributed by atoms with Crippen LogP contribution in [-0.4, -0.2) is 31.8 Å². The quantitative estimate of drug-likeness (QED) is 0.243. The molecule has 9 heteroatoms. The summed E-state index contributed by atoms with van der Waals surface area (Å²) in [5.74, 6) is -0.127. The van der Waals surface area contributed by atoms with Crippen LogP contribution in [0.25, 0.3) is 0 Å². The number of anilines is 3. The van der Waals surface area contributed by atoms with E-state index in [2.05, 4.69) is 15.5 Å². The molecule has 35 heavy (non-hydrogen) atoms. The average molecular weight is 498 g/mol. The third kappa shape index (κ3) is 8.40. The molecule has 1 atom stereocenters. The lowest BCUT2D eigenvalue weighted by Crippen LogP contribution is -2.21. The minimum absolute atomic E-state index is 0.127. The number of carbonyl (C=O) groups excluding carboxylic acids is 1. The Labute approximate surface area is 202 Å². The van der Waals surface area contributed by atoms with Crippen LogP contribution in [0.4, 0.5) is 39.0 Å². The summed E-state index contributed by atoms with van der Waals surface area (Å²) in [7, 11) is 0. The molecule has 2 N–H and O–H groups in total. The van der Waals surface area contributed by atoms with Crippen LogP contribution in [0, 0.1) is 0 Å². The van der Waals surface area contributed by atoms with Crippen LogP contribution in [-0.2, 0) is 17.5 Å². The van der Waals surface area contributed by atoms with E-state index in [-0.39, 0.29) is 12.3 Å². The zero-order valence-corrected chi connectivity index (χ0v) is 19.6. The average Bonchev–Trinajstić information content (AvgIpc) is 3.37. The van der Waals surface area contributed by atoms with E-state index in [1.165, 1.54) is 12.1 Å². The van der Waals surface area contributed by atoms with Gasteiger partial charge in [0.25, 0.3) is 0 Å². The Morgan fingerprint density at radius 2 is 1.71 bits per heavy atom. The summed E-state index contributed by atoms with van der Waals surface area (Å²) in [5, 5.41) is 6.22. The molecular formula is C26H32F5N3O. The van der Waals surface area contributed by atoms with Crippen molar-refractivity contribution in [3.63, 3.8) is 0 Å². The zero-order chi connectivity index (χ0) is 25.3. The van der Waals surface area contributed by atoms with E-state index >= 15 is 0 Å². The number of unbranched alkanes of at least 4 members (excludes halogenated alkanes) is 2. The molecule has 1 amide bonds. The maximum Gasteiger partial charge on any atom is 0.416 e. The minimum Gasteiger partial charge on any atom is -0.381 e. The molecule has 1 unspecified atom stereocenters. The summed E-state index contributed by atoms with van der Waals surface area (Å²) in [6, 6.07) is 10.7. The van der Waals surface area contributed by atoms with Crippen molar-refractivity contribution >= 4 is 23.0 Å². The Morgan fingerprint density at radius 3 is 2.37 bits per heavy atom. The molecule has 0 bridgehead atoms. The van der Waals surface area contributed by atoms with E-state index in [0.717, 1.165) is 55.0 Å². The van der Waals surface area contributed by atoms with Gasteiger partial charge in [-0.05, 0) is 61.6 Å². The zero-order valence-electron chi connectivity index (χ0n) is 19.6. The molecule has 3 rings (SSSR count). The summed E-state index contributed by atoms with van der Waals surface area (Å²) >= 11 is 0. The molecule has 1 heterocycles. The molecule has 0 radical (unpaired) electrons. The van der Waals surface area contributed by atoms with Crippen LogP contribution in [0.3, 0.4) is 0 Å². The van der Waals surface area contributed by atoms with Crippen molar-refractivity contribution in [1.82, 2.24) is 0 Å². The molecule has 1 saturated heterocycles. The Balaban J connectivity index is 1.58. The van der Waals surface area contributed by atoms with Crippen LogP contribution in [0.2, 0.25) is 0 Å². The summed E-state index contributed by atoms with van der Waals surface area (Å²) in [6.45, 7) is 1.16. The number of nitrogens with one attached hydrogen (secondary N) is 2. The molecule has 2 aromatic rings. The molecule has 192 valence electrons. The van der Waals surface area contributed by atoms with Gasteiger partial charge in [0, 0.05) is 31.7 Å². The fourth-order valence-corrected chi connectivity index (χ4v) is 4.10. The van der Waals surface area contributed by atoms with Gasteiger partial charge in [-0.3, -0.25) is 4.79 Å². The molecule has 0 aromatic heterocycles. The third-order valence-corrected chi connectivity index (χ3v) is 6.09. The highest BCUT2D eigenvalue weighted by atomic mass is 19.4. The van der Waals surface area contributed by atoms with Crippen LogP contribution in [0.5, 0.6) is 0 Å². The number of rotatable bonds is 12. The lowest BCUT2D eigenvalue weighted by molar-refractivity contribution is -0.137. The molecule has 1 aliphatic heterocycles. The Morgan fingerprint density at radius 1 is 1.00 bits per heavy atom. The van der Waals surface area contributed by atoms with Crippen molar-refractivity contribution in [2.24, 2.45) is 0 Å². The van der Waals surface area contributed by atoms with Gasteiger partial charge >= 0.3 is 6.18 Å². The molecule has 2 aromatic carbocycles. The van der Waals surface area contributed by atoms with Gasteiger partial charge in [0.15, 0.2) is 0 Å². The molecule has 0 aliphatic carbocycles. The first-order chi connectivity index (χ1) is 16.8. The van der Waals surface area contributed by atoms with Crippen molar-refractivity contribution in [3.05, 3.63) is 53.6 Å². The second-order valence-corrected chi connectivity index (χ2v) is 8.87. The predicted molar refractivity (Wildman–Crippen MR) is 129 cm³/mol. The first-order valence-electron chi connectivity index (χ1n) is 12.0. The van der Waals surface area contributed by atoms with Crippen LogP contribution in [0.1, 0.15) is 56.1 Å². The second kappa shape index (κ2) is 12.7. The Hall–Kier alpha value is -2.84. The first-order valence-corrected chi connectivity index (χ1v) is 12.0. The largest absolute Gasteiger partial charge is 0.416 e. The van der Waals surface area contributed by atoms with Gasteiger partial charge in [-0.25, -0.2) is 8.78 Å². The monoisotopic (exact) mass is 497 g/mol. The number of carbonyl (C=O) groups is 1. The topological polar surface area (TPSA) is 44.4 Å². The van der Waals surface area contributed by atoms with Crippen molar-refractivity contribution in [1.29, 1.82) is 0 Å². The summed E-state index contributed by atoms with van der Waals surface area (Å²) < 4.78 is 63.4. The molecule has 0 spiro atoms. The molecule has 0 saturated carbocycles. The van der Waals surface area contributed by atoms with Crippen molar-refractivity contribution in [2.75, 3.05) is 35.3 Å². The lowest BCUT2D eigenvalue weighted by atomic mass is 10.1. The van der Waals surface area contributed by atoms with Gasteiger partial charge in [0.2, 0.25) is 5.91 Å². The predicted octanol–water partition coefficient (Wildman–Crippen LogP) is 7.11. The van der Waals surface area contributed by atoms with Gasteiger partial charge in [0.05, 0.1) is 16.9 Å². The van der Waals surface area contributed by atoms with E-state index in [4.69, 9.17) is 0 Å². The molecule has 1 fully saturated rings. The normalized spacial score (nSPS) is 14.7. The van der Waals surface area contributed by atoms with Crippen LogP contribution >= 0.6 is 0 Å². The lowest BCUT2D eigenvalue weighted by Gasteiger charge is -2.23. The van der Waals surface area contributed by atoms with E-state index in [9.17, 15) is 26.7 Å². The van der Waals surface area contributed by atoms with Crippen molar-refractivity contribution in [3.8, 4) is 0 Å². The summed E-state index contributed by atoms with van der Waals surface area (Å²) in [6.07, 6.45) is -1.34. The van der Waals surface area contributed by atoms with Gasteiger partial charge in [0.1, 0.15) is 12.8 Å². The van der Waals surface area contributed by atoms with Crippen molar-refractivity contribution < 1.29 is 26.7 Å². The van der Waals surface area contributed by atoms with Gasteiger partial charge in [-0.1, -0.05) is 25.0 Å².